The number of benzene rings is 1. The van der Waals surface area contributed by atoms with Gasteiger partial charge in [-0.25, -0.2) is 9.56 Å². The van der Waals surface area contributed by atoms with E-state index in [1.54, 1.807) is 24.2 Å². The van der Waals surface area contributed by atoms with Crippen LogP contribution in [-0.2, 0) is 0 Å². The molecule has 0 bridgehead atoms. The molecule has 0 saturated carbocycles. The van der Waals surface area contributed by atoms with Crippen LogP contribution < -0.4 is 5.32 Å². The summed E-state index contributed by atoms with van der Waals surface area (Å²) < 4.78 is 1.72. The number of aromatic nitrogens is 2. The predicted octanol–water partition coefficient (Wildman–Crippen LogP) is 1.54. The van der Waals surface area contributed by atoms with Gasteiger partial charge in [-0.2, -0.15) is 5.26 Å². The van der Waals surface area contributed by atoms with E-state index >= 15 is 0 Å². The minimum Gasteiger partial charge on any atom is -0.315 e. The average Bonchev–Trinajstić information content (AvgIpc) is 2.47. The van der Waals surface area contributed by atoms with E-state index in [9.17, 15) is 5.26 Å². The molecule has 94 valence electrons. The molecule has 0 unspecified atom stereocenters. The minimum atomic E-state index is 0.301. The van der Waals surface area contributed by atoms with Gasteiger partial charge in [0.15, 0.2) is 6.34 Å². The first-order chi connectivity index (χ1) is 9.26. The van der Waals surface area contributed by atoms with Crippen LogP contribution in [0.4, 0.5) is 5.82 Å². The molecule has 0 aliphatic rings. The maximum absolute atomic E-state index is 9.19. The topological polar surface area (TPSA) is 64.6 Å². The standard InChI is InChI=1S/C14H13N5/c1-16-10-19(2)14-12(8-15)18-13(9-17-14)11-6-4-3-5-7-11/h3-7,9-10H,1-2H3/p+1. The second-order valence-electron chi connectivity index (χ2n) is 3.93. The molecule has 2 rings (SSSR count). The summed E-state index contributed by atoms with van der Waals surface area (Å²) in [6.07, 6.45) is 3.39. The Kier molecular flexibility index (Phi) is 3.84. The summed E-state index contributed by atoms with van der Waals surface area (Å²) in [6, 6.07) is 11.8. The van der Waals surface area contributed by atoms with Crippen molar-refractivity contribution in [3.63, 3.8) is 0 Å². The summed E-state index contributed by atoms with van der Waals surface area (Å²) in [5.74, 6) is 0.525. The lowest BCUT2D eigenvalue weighted by molar-refractivity contribution is -0.406. The Morgan fingerprint density at radius 1 is 1.32 bits per heavy atom. The lowest BCUT2D eigenvalue weighted by Gasteiger charge is -2.02. The van der Waals surface area contributed by atoms with Crippen molar-refractivity contribution in [3.8, 4) is 17.3 Å². The monoisotopic (exact) mass is 252 g/mol. The lowest BCUT2D eigenvalue weighted by atomic mass is 10.1. The summed E-state index contributed by atoms with van der Waals surface area (Å²) in [6.45, 7) is 0. The van der Waals surface area contributed by atoms with Crippen molar-refractivity contribution < 1.29 is 4.58 Å². The van der Waals surface area contributed by atoms with Gasteiger partial charge in [-0.1, -0.05) is 30.3 Å². The molecule has 0 fully saturated rings. The van der Waals surface area contributed by atoms with Gasteiger partial charge in [0.2, 0.25) is 5.69 Å². The summed E-state index contributed by atoms with van der Waals surface area (Å²) in [5.41, 5.74) is 1.94. The number of rotatable bonds is 3. The van der Waals surface area contributed by atoms with Crippen molar-refractivity contribution in [2.24, 2.45) is 0 Å². The number of nitrogens with zero attached hydrogens (tertiary/aromatic N) is 4. The highest BCUT2D eigenvalue weighted by molar-refractivity contribution is 5.60. The Morgan fingerprint density at radius 2 is 2.05 bits per heavy atom. The van der Waals surface area contributed by atoms with Crippen LogP contribution >= 0.6 is 0 Å². The Hall–Kier alpha value is -2.74. The average molecular weight is 252 g/mol. The number of hydrogen-bond acceptors (Lipinski definition) is 3. The Labute approximate surface area is 111 Å². The second-order valence-corrected chi connectivity index (χ2v) is 3.93. The molecule has 2 aromatic rings. The first-order valence-corrected chi connectivity index (χ1v) is 5.82. The van der Waals surface area contributed by atoms with Gasteiger partial charge >= 0.3 is 0 Å². The molecule has 0 radical (unpaired) electrons. The van der Waals surface area contributed by atoms with Gasteiger partial charge in [-0.15, -0.1) is 4.98 Å². The third-order valence-corrected chi connectivity index (χ3v) is 2.59. The first kappa shape index (κ1) is 12.7. The maximum atomic E-state index is 9.19. The third-order valence-electron chi connectivity index (χ3n) is 2.59. The van der Waals surface area contributed by atoms with E-state index in [1.165, 1.54) is 0 Å². The van der Waals surface area contributed by atoms with Crippen LogP contribution in [0.3, 0.4) is 0 Å². The smallest absolute Gasteiger partial charge is 0.298 e. The van der Waals surface area contributed by atoms with Crippen molar-refractivity contribution in [1.82, 2.24) is 15.3 Å². The van der Waals surface area contributed by atoms with Crippen LogP contribution in [-0.4, -0.2) is 35.0 Å². The van der Waals surface area contributed by atoms with Crippen molar-refractivity contribution in [3.05, 3.63) is 42.2 Å². The van der Waals surface area contributed by atoms with Crippen molar-refractivity contribution in [2.45, 2.75) is 0 Å². The maximum Gasteiger partial charge on any atom is 0.298 e. The summed E-state index contributed by atoms with van der Waals surface area (Å²) in [4.78, 5) is 8.67. The molecule has 19 heavy (non-hydrogen) atoms. The first-order valence-electron chi connectivity index (χ1n) is 5.82. The zero-order chi connectivity index (χ0) is 13.7. The van der Waals surface area contributed by atoms with E-state index in [0.717, 1.165) is 5.56 Å². The van der Waals surface area contributed by atoms with Gasteiger partial charge in [-0.05, 0) is 0 Å². The van der Waals surface area contributed by atoms with Gasteiger partial charge in [0.05, 0.1) is 7.05 Å². The van der Waals surface area contributed by atoms with Gasteiger partial charge in [0, 0.05) is 12.6 Å². The Balaban J connectivity index is 2.49. The van der Waals surface area contributed by atoms with Crippen molar-refractivity contribution in [1.29, 1.82) is 5.26 Å². The van der Waals surface area contributed by atoms with Crippen LogP contribution in [0.25, 0.3) is 11.3 Å². The number of nitriles is 1. The lowest BCUT2D eigenvalue weighted by Crippen LogP contribution is -2.14. The molecular weight excluding hydrogens is 238 g/mol. The SMILES string of the molecule is CNC=[N+](C)c1ncc(-c2ccccc2)nc1C#N. The van der Waals surface area contributed by atoms with Gasteiger partial charge in [-0.3, -0.25) is 0 Å². The van der Waals surface area contributed by atoms with Crippen LogP contribution in [0.5, 0.6) is 0 Å². The van der Waals surface area contributed by atoms with Gasteiger partial charge < -0.3 is 5.32 Å². The molecule has 5 nitrogen and oxygen atoms in total. The van der Waals surface area contributed by atoms with Crippen LogP contribution in [0.1, 0.15) is 5.69 Å². The molecule has 1 heterocycles. The summed E-state index contributed by atoms with van der Waals surface area (Å²) >= 11 is 0. The zero-order valence-electron chi connectivity index (χ0n) is 10.8. The van der Waals surface area contributed by atoms with E-state index in [4.69, 9.17) is 0 Å². The van der Waals surface area contributed by atoms with E-state index in [2.05, 4.69) is 21.4 Å². The summed E-state index contributed by atoms with van der Waals surface area (Å²) in [7, 11) is 3.60. The van der Waals surface area contributed by atoms with Crippen molar-refractivity contribution >= 4 is 12.2 Å². The highest BCUT2D eigenvalue weighted by Gasteiger charge is 2.14. The molecule has 1 aromatic heterocycles. The predicted molar refractivity (Wildman–Crippen MR) is 73.2 cm³/mol. The fourth-order valence-electron chi connectivity index (χ4n) is 1.72. The fourth-order valence-corrected chi connectivity index (χ4v) is 1.72. The van der Waals surface area contributed by atoms with Gasteiger partial charge in [0.1, 0.15) is 18.0 Å². The largest absolute Gasteiger partial charge is 0.315 e. The summed E-state index contributed by atoms with van der Waals surface area (Å²) in [5, 5.41) is 12.1. The van der Waals surface area contributed by atoms with Gasteiger partial charge in [0.25, 0.3) is 5.82 Å². The second kappa shape index (κ2) is 5.74. The van der Waals surface area contributed by atoms with E-state index in [0.29, 0.717) is 17.2 Å². The molecule has 0 aliphatic carbocycles. The molecule has 0 spiro atoms. The Morgan fingerprint density at radius 3 is 2.68 bits per heavy atom. The highest BCUT2D eigenvalue weighted by atomic mass is 15.1. The van der Waals surface area contributed by atoms with Crippen LogP contribution in [0, 0.1) is 11.3 Å². The van der Waals surface area contributed by atoms with Crippen molar-refractivity contribution in [2.75, 3.05) is 14.1 Å². The molecule has 0 saturated heterocycles. The molecule has 0 atom stereocenters. The Bertz CT molecular complexity index is 641. The molecule has 5 heteroatoms. The molecule has 1 N–H and O–H groups in total. The molecule has 0 amide bonds. The normalized spacial score (nSPS) is 10.9. The number of hydrogen-bond donors (Lipinski definition) is 1. The number of nitrogens with one attached hydrogen (secondary N) is 1. The molecule has 1 aromatic carbocycles. The third kappa shape index (κ3) is 2.75. The van der Waals surface area contributed by atoms with Crippen LogP contribution in [0.2, 0.25) is 0 Å². The molecular formula is C14H14N5+. The van der Waals surface area contributed by atoms with E-state index in [-0.39, 0.29) is 0 Å². The van der Waals surface area contributed by atoms with E-state index < -0.39 is 0 Å². The minimum absolute atomic E-state index is 0.301. The fraction of sp³-hybridized carbons (Fsp3) is 0.143. The zero-order valence-corrected chi connectivity index (χ0v) is 10.8. The van der Waals surface area contributed by atoms with E-state index in [1.807, 2.05) is 37.4 Å². The molecule has 0 aliphatic heterocycles. The van der Waals surface area contributed by atoms with Crippen LogP contribution in [0.15, 0.2) is 36.5 Å². The highest BCUT2D eigenvalue weighted by Crippen LogP contribution is 2.19. The quantitative estimate of drug-likeness (QED) is 0.511.